The number of hydrogen-bond acceptors (Lipinski definition) is 8. The van der Waals surface area contributed by atoms with Crippen molar-refractivity contribution in [2.45, 2.75) is 26.1 Å². The number of piperazine rings is 1. The predicted octanol–water partition coefficient (Wildman–Crippen LogP) is 1.55. The maximum Gasteiger partial charge on any atom is 0.321 e. The predicted molar refractivity (Wildman–Crippen MR) is 115 cm³/mol. The van der Waals surface area contributed by atoms with E-state index in [1.54, 1.807) is 17.9 Å². The molecule has 3 aliphatic heterocycles. The second-order valence-corrected chi connectivity index (χ2v) is 8.52. The molecule has 1 aromatic carbocycles. The van der Waals surface area contributed by atoms with E-state index >= 15 is 0 Å². The SMILES string of the molecule is COc1ccc(NC(=O)N2CCN(C3N=CNC4=C3CN(N)S4)[C@@H](C)C2)c(C)c1. The molecule has 3 aliphatic rings. The summed E-state index contributed by atoms with van der Waals surface area (Å²) in [5, 5.41) is 7.27. The third-order valence-corrected chi connectivity index (χ3v) is 6.43. The molecule has 3 heterocycles. The normalized spacial score (nSPS) is 25.0. The molecule has 2 amide bonds. The number of benzene rings is 1. The lowest BCUT2D eigenvalue weighted by atomic mass is 10.1. The van der Waals surface area contributed by atoms with Crippen LogP contribution in [-0.2, 0) is 0 Å². The number of carbonyl (C=O) groups is 1. The zero-order valence-electron chi connectivity index (χ0n) is 16.9. The Morgan fingerprint density at radius 3 is 2.97 bits per heavy atom. The van der Waals surface area contributed by atoms with Crippen molar-refractivity contribution in [3.8, 4) is 5.75 Å². The molecule has 1 unspecified atom stereocenters. The monoisotopic (exact) mass is 417 g/mol. The number of nitrogens with two attached hydrogens (primary N) is 1. The molecule has 2 atom stereocenters. The van der Waals surface area contributed by atoms with Gasteiger partial charge in [0.2, 0.25) is 0 Å². The Morgan fingerprint density at radius 2 is 2.24 bits per heavy atom. The molecule has 0 bridgehead atoms. The van der Waals surface area contributed by atoms with Gasteiger partial charge in [-0.2, -0.15) is 4.41 Å². The van der Waals surface area contributed by atoms with Crippen LogP contribution in [0.5, 0.6) is 5.75 Å². The Balaban J connectivity index is 1.39. The molecule has 156 valence electrons. The molecule has 10 heteroatoms. The maximum absolute atomic E-state index is 12.8. The molecule has 4 N–H and O–H groups in total. The van der Waals surface area contributed by atoms with Crippen molar-refractivity contribution < 1.29 is 9.53 Å². The van der Waals surface area contributed by atoms with Crippen LogP contribution in [0.25, 0.3) is 0 Å². The Bertz CT molecular complexity index is 859. The summed E-state index contributed by atoms with van der Waals surface area (Å²) in [6.07, 6.45) is 1.71. The second kappa shape index (κ2) is 8.23. The van der Waals surface area contributed by atoms with Gasteiger partial charge in [-0.3, -0.25) is 15.7 Å². The summed E-state index contributed by atoms with van der Waals surface area (Å²) in [6, 6.07) is 5.74. The van der Waals surface area contributed by atoms with Crippen LogP contribution in [0.3, 0.4) is 0 Å². The van der Waals surface area contributed by atoms with E-state index in [0.717, 1.165) is 28.6 Å². The van der Waals surface area contributed by atoms with Gasteiger partial charge < -0.3 is 20.3 Å². The summed E-state index contributed by atoms with van der Waals surface area (Å²) in [5.74, 6) is 6.74. The smallest absolute Gasteiger partial charge is 0.321 e. The fourth-order valence-electron chi connectivity index (χ4n) is 3.93. The molecular formula is C19H27N7O2S. The van der Waals surface area contributed by atoms with E-state index in [4.69, 9.17) is 10.6 Å². The molecule has 1 aromatic rings. The average Bonchev–Trinajstić information content (AvgIpc) is 3.09. The van der Waals surface area contributed by atoms with Crippen LogP contribution < -0.4 is 21.2 Å². The fourth-order valence-corrected chi connectivity index (χ4v) is 4.76. The molecule has 0 radical (unpaired) electrons. The molecule has 1 fully saturated rings. The van der Waals surface area contributed by atoms with Gasteiger partial charge in [-0.15, -0.1) is 0 Å². The highest BCUT2D eigenvalue weighted by atomic mass is 32.2. The number of aryl methyl sites for hydroxylation is 1. The highest BCUT2D eigenvalue weighted by Crippen LogP contribution is 2.34. The van der Waals surface area contributed by atoms with E-state index in [1.807, 2.05) is 30.0 Å². The highest BCUT2D eigenvalue weighted by molar-refractivity contribution is 8.01. The maximum atomic E-state index is 12.8. The van der Waals surface area contributed by atoms with Crippen LogP contribution in [-0.4, -0.2) is 72.1 Å². The van der Waals surface area contributed by atoms with Crippen molar-refractivity contribution in [2.24, 2.45) is 10.8 Å². The van der Waals surface area contributed by atoms with Crippen molar-refractivity contribution in [1.82, 2.24) is 19.5 Å². The third-order valence-electron chi connectivity index (χ3n) is 5.50. The number of amides is 2. The molecule has 4 rings (SSSR count). The summed E-state index contributed by atoms with van der Waals surface area (Å²) < 4.78 is 6.94. The molecule has 0 aliphatic carbocycles. The lowest BCUT2D eigenvalue weighted by molar-refractivity contribution is 0.0795. The first-order chi connectivity index (χ1) is 14.0. The number of carbonyl (C=O) groups excluding carboxylic acids is 1. The summed E-state index contributed by atoms with van der Waals surface area (Å²) >= 11 is 1.51. The van der Waals surface area contributed by atoms with Gasteiger partial charge in [0.25, 0.3) is 0 Å². The molecule has 9 nitrogen and oxygen atoms in total. The average molecular weight is 418 g/mol. The quantitative estimate of drug-likeness (QED) is 0.507. The Morgan fingerprint density at radius 1 is 1.41 bits per heavy atom. The van der Waals surface area contributed by atoms with Crippen molar-refractivity contribution in [3.05, 3.63) is 34.4 Å². The first-order valence-corrected chi connectivity index (χ1v) is 10.4. The third kappa shape index (κ3) is 4.06. The number of urea groups is 1. The number of nitrogens with one attached hydrogen (secondary N) is 2. The first kappa shape index (κ1) is 20.0. The van der Waals surface area contributed by atoms with Gasteiger partial charge in [0.15, 0.2) is 0 Å². The summed E-state index contributed by atoms with van der Waals surface area (Å²) in [7, 11) is 1.63. The molecule has 29 heavy (non-hydrogen) atoms. The van der Waals surface area contributed by atoms with E-state index in [0.29, 0.717) is 19.6 Å². The van der Waals surface area contributed by atoms with Crippen molar-refractivity contribution in [2.75, 3.05) is 38.6 Å². The van der Waals surface area contributed by atoms with Crippen LogP contribution in [0.4, 0.5) is 10.5 Å². The first-order valence-electron chi connectivity index (χ1n) is 9.64. The van der Waals surface area contributed by atoms with Gasteiger partial charge >= 0.3 is 6.03 Å². The number of methoxy groups -OCH3 is 1. The van der Waals surface area contributed by atoms with Gasteiger partial charge in [-0.25, -0.2) is 4.79 Å². The number of rotatable bonds is 3. The zero-order valence-corrected chi connectivity index (χ0v) is 17.7. The largest absolute Gasteiger partial charge is 0.497 e. The lowest BCUT2D eigenvalue weighted by Gasteiger charge is -2.43. The van der Waals surface area contributed by atoms with Gasteiger partial charge in [0, 0.05) is 36.9 Å². The molecule has 0 saturated carbocycles. The highest BCUT2D eigenvalue weighted by Gasteiger charge is 2.37. The minimum atomic E-state index is -0.0805. The minimum Gasteiger partial charge on any atom is -0.497 e. The topological polar surface area (TPSA) is 98.5 Å². The van der Waals surface area contributed by atoms with Crippen molar-refractivity contribution >= 4 is 30.0 Å². The standard InChI is InChI=1S/C19H27N7O2S/c1-12-8-14(28-3)4-5-16(12)23-19(27)24-6-7-25(13(2)9-24)17-15-10-26(20)29-18(15)22-11-21-17/h4-5,8,11,13,17H,6-7,9-10,20H2,1-3H3,(H,21,22)(H,23,27)/t13-,17?/m0/s1. The number of ether oxygens (including phenoxy) is 1. The van der Waals surface area contributed by atoms with Crippen LogP contribution in [0.2, 0.25) is 0 Å². The molecule has 1 saturated heterocycles. The molecule has 0 spiro atoms. The fraction of sp³-hybridized carbons (Fsp3) is 0.474. The van der Waals surface area contributed by atoms with E-state index in [1.165, 1.54) is 17.5 Å². The summed E-state index contributed by atoms with van der Waals surface area (Å²) in [5.41, 5.74) is 2.96. The Kier molecular flexibility index (Phi) is 5.68. The van der Waals surface area contributed by atoms with Gasteiger partial charge in [-0.1, -0.05) is 0 Å². The molecular weight excluding hydrogens is 390 g/mol. The van der Waals surface area contributed by atoms with E-state index in [-0.39, 0.29) is 18.2 Å². The van der Waals surface area contributed by atoms with Crippen LogP contribution >= 0.6 is 11.9 Å². The number of aliphatic imine (C=N–C) groups is 1. The summed E-state index contributed by atoms with van der Waals surface area (Å²) in [4.78, 5) is 21.7. The number of hydrazine groups is 1. The van der Waals surface area contributed by atoms with Gasteiger partial charge in [0.05, 0.1) is 25.0 Å². The van der Waals surface area contributed by atoms with Gasteiger partial charge in [-0.05, 0) is 49.6 Å². The lowest BCUT2D eigenvalue weighted by Crippen LogP contribution is -2.58. The number of hydrogen-bond donors (Lipinski definition) is 3. The van der Waals surface area contributed by atoms with Crippen molar-refractivity contribution in [1.29, 1.82) is 0 Å². The van der Waals surface area contributed by atoms with Crippen LogP contribution in [0.15, 0.2) is 33.8 Å². The summed E-state index contributed by atoms with van der Waals surface area (Å²) in [6.45, 7) is 6.82. The Labute approximate surface area is 175 Å². The van der Waals surface area contributed by atoms with E-state index in [2.05, 4.69) is 27.4 Å². The van der Waals surface area contributed by atoms with E-state index in [9.17, 15) is 4.79 Å². The minimum absolute atomic E-state index is 0.0312. The van der Waals surface area contributed by atoms with E-state index < -0.39 is 0 Å². The zero-order chi connectivity index (χ0) is 20.5. The van der Waals surface area contributed by atoms with Crippen LogP contribution in [0, 0.1) is 6.92 Å². The van der Waals surface area contributed by atoms with Crippen molar-refractivity contribution in [3.63, 3.8) is 0 Å². The Hall–Kier alpha value is -2.27. The molecule has 0 aromatic heterocycles. The number of nitrogens with zero attached hydrogens (tertiary/aromatic N) is 4. The van der Waals surface area contributed by atoms with Gasteiger partial charge in [0.1, 0.15) is 11.9 Å². The second-order valence-electron chi connectivity index (χ2n) is 7.46. The van der Waals surface area contributed by atoms with Crippen LogP contribution in [0.1, 0.15) is 12.5 Å². The number of anilines is 1.